The van der Waals surface area contributed by atoms with E-state index in [1.54, 1.807) is 12.1 Å². The SMILES string of the molecule is Cc1ccc(S(=O)(=O)N2CC[C@@H]3[C@@H](C2)C[C@@]2(O)CCC(=O)[C@@]32C)cc1. The zero-order valence-corrected chi connectivity index (χ0v) is 15.6. The van der Waals surface area contributed by atoms with Crippen LogP contribution >= 0.6 is 0 Å². The van der Waals surface area contributed by atoms with Crippen molar-refractivity contribution in [2.75, 3.05) is 13.1 Å². The Labute approximate surface area is 149 Å². The summed E-state index contributed by atoms with van der Waals surface area (Å²) in [5.41, 5.74) is -0.629. The molecule has 5 nitrogen and oxygen atoms in total. The Kier molecular flexibility index (Phi) is 3.70. The molecule has 4 rings (SSSR count). The molecule has 0 amide bonds. The number of piperidine rings is 1. The summed E-state index contributed by atoms with van der Waals surface area (Å²) in [6.45, 7) is 4.64. The first-order chi connectivity index (χ1) is 11.7. The van der Waals surface area contributed by atoms with Gasteiger partial charge in [0.2, 0.25) is 10.0 Å². The normalized spacial score (nSPS) is 38.6. The van der Waals surface area contributed by atoms with Gasteiger partial charge >= 0.3 is 0 Å². The average molecular weight is 363 g/mol. The van der Waals surface area contributed by atoms with Crippen LogP contribution in [0.15, 0.2) is 29.2 Å². The number of Topliss-reactive ketones (excluding diaryl/α,β-unsaturated/α-hetero) is 1. The standard InChI is InChI=1S/C19H25NO4S/c1-13-3-5-15(6-4-13)25(23,24)20-10-8-16-14(12-20)11-19(22)9-7-17(21)18(16,19)2/h3-6,14,16,22H,7-12H2,1-2H3/t14-,16-,18-,19+/m1/s1. The van der Waals surface area contributed by atoms with Gasteiger partial charge in [-0.1, -0.05) is 17.7 Å². The minimum atomic E-state index is -3.53. The molecule has 0 unspecified atom stereocenters. The van der Waals surface area contributed by atoms with Gasteiger partial charge in [-0.2, -0.15) is 4.31 Å². The van der Waals surface area contributed by atoms with Gasteiger partial charge in [-0.3, -0.25) is 4.79 Å². The average Bonchev–Trinajstić information content (AvgIpc) is 2.94. The molecule has 0 aromatic heterocycles. The summed E-state index contributed by atoms with van der Waals surface area (Å²) in [6, 6.07) is 6.92. The van der Waals surface area contributed by atoms with Crippen molar-refractivity contribution in [2.45, 2.75) is 50.0 Å². The van der Waals surface area contributed by atoms with Crippen molar-refractivity contribution in [1.82, 2.24) is 4.31 Å². The van der Waals surface area contributed by atoms with E-state index in [1.165, 1.54) is 4.31 Å². The monoisotopic (exact) mass is 363 g/mol. The predicted octanol–water partition coefficient (Wildman–Crippen LogP) is 2.13. The number of aliphatic hydroxyl groups is 1. The molecule has 6 heteroatoms. The number of carbonyl (C=O) groups excluding carboxylic acids is 1. The van der Waals surface area contributed by atoms with Gasteiger partial charge in [0.15, 0.2) is 0 Å². The number of aryl methyl sites for hydroxylation is 1. The highest BCUT2D eigenvalue weighted by Crippen LogP contribution is 2.62. The number of ketones is 1. The minimum Gasteiger partial charge on any atom is -0.389 e. The third kappa shape index (κ3) is 2.27. The Morgan fingerprint density at radius 3 is 2.60 bits per heavy atom. The molecule has 136 valence electrons. The van der Waals surface area contributed by atoms with Crippen LogP contribution in [0.25, 0.3) is 0 Å². The lowest BCUT2D eigenvalue weighted by atomic mass is 9.69. The first-order valence-electron chi connectivity index (χ1n) is 9.01. The van der Waals surface area contributed by atoms with Crippen LogP contribution in [0.1, 0.15) is 38.2 Å². The van der Waals surface area contributed by atoms with Crippen molar-refractivity contribution < 1.29 is 18.3 Å². The van der Waals surface area contributed by atoms with Gasteiger partial charge in [0.25, 0.3) is 0 Å². The van der Waals surface area contributed by atoms with E-state index in [0.29, 0.717) is 43.7 Å². The highest BCUT2D eigenvalue weighted by molar-refractivity contribution is 7.89. The van der Waals surface area contributed by atoms with Crippen molar-refractivity contribution in [3.05, 3.63) is 29.8 Å². The maximum Gasteiger partial charge on any atom is 0.243 e. The lowest BCUT2D eigenvalue weighted by Gasteiger charge is -2.40. The van der Waals surface area contributed by atoms with E-state index in [0.717, 1.165) is 5.56 Å². The fourth-order valence-electron chi connectivity index (χ4n) is 5.44. The quantitative estimate of drug-likeness (QED) is 0.873. The molecule has 0 bridgehead atoms. The van der Waals surface area contributed by atoms with E-state index in [1.807, 2.05) is 26.0 Å². The van der Waals surface area contributed by atoms with Gasteiger partial charge in [0, 0.05) is 19.5 Å². The molecule has 0 radical (unpaired) electrons. The number of sulfonamides is 1. The van der Waals surface area contributed by atoms with Crippen molar-refractivity contribution in [1.29, 1.82) is 0 Å². The number of nitrogens with zero attached hydrogens (tertiary/aromatic N) is 1. The van der Waals surface area contributed by atoms with E-state index in [9.17, 15) is 18.3 Å². The van der Waals surface area contributed by atoms with Crippen molar-refractivity contribution in [3.8, 4) is 0 Å². The smallest absolute Gasteiger partial charge is 0.243 e. The van der Waals surface area contributed by atoms with Crippen LogP contribution in [0.2, 0.25) is 0 Å². The van der Waals surface area contributed by atoms with E-state index in [2.05, 4.69) is 0 Å². The van der Waals surface area contributed by atoms with Crippen molar-refractivity contribution in [2.24, 2.45) is 17.3 Å². The molecule has 1 aliphatic heterocycles. The van der Waals surface area contributed by atoms with Gasteiger partial charge in [0.1, 0.15) is 5.78 Å². The van der Waals surface area contributed by atoms with Crippen LogP contribution in [0.4, 0.5) is 0 Å². The predicted molar refractivity (Wildman–Crippen MR) is 93.4 cm³/mol. The first-order valence-corrected chi connectivity index (χ1v) is 10.4. The van der Waals surface area contributed by atoms with Crippen LogP contribution in [0.5, 0.6) is 0 Å². The third-order valence-corrected chi connectivity index (χ3v) is 8.89. The summed E-state index contributed by atoms with van der Waals surface area (Å²) in [4.78, 5) is 12.8. The molecule has 25 heavy (non-hydrogen) atoms. The van der Waals surface area contributed by atoms with E-state index in [-0.39, 0.29) is 17.6 Å². The molecule has 1 N–H and O–H groups in total. The summed E-state index contributed by atoms with van der Waals surface area (Å²) in [6.07, 6.45) is 2.13. The molecule has 3 fully saturated rings. The molecular formula is C19H25NO4S. The summed E-state index contributed by atoms with van der Waals surface area (Å²) >= 11 is 0. The second-order valence-corrected chi connectivity index (χ2v) is 10.1. The molecule has 1 aromatic carbocycles. The maximum absolute atomic E-state index is 13.0. The summed E-state index contributed by atoms with van der Waals surface area (Å²) < 4.78 is 27.4. The van der Waals surface area contributed by atoms with Crippen LogP contribution in [-0.2, 0) is 14.8 Å². The Balaban J connectivity index is 1.61. The Bertz CT molecular complexity index is 818. The van der Waals surface area contributed by atoms with Crippen molar-refractivity contribution in [3.63, 3.8) is 0 Å². The largest absolute Gasteiger partial charge is 0.389 e. The second kappa shape index (κ2) is 5.38. The highest BCUT2D eigenvalue weighted by Gasteiger charge is 2.67. The van der Waals surface area contributed by atoms with E-state index in [4.69, 9.17) is 0 Å². The molecular weight excluding hydrogens is 338 g/mol. The Morgan fingerprint density at radius 2 is 1.92 bits per heavy atom. The fraction of sp³-hybridized carbons (Fsp3) is 0.632. The molecule has 1 heterocycles. The fourth-order valence-corrected chi connectivity index (χ4v) is 6.95. The lowest BCUT2D eigenvalue weighted by Crippen LogP contribution is -2.48. The van der Waals surface area contributed by atoms with Crippen molar-refractivity contribution >= 4 is 15.8 Å². The molecule has 1 aromatic rings. The van der Waals surface area contributed by atoms with Crippen LogP contribution in [0, 0.1) is 24.2 Å². The minimum absolute atomic E-state index is 0.0493. The van der Waals surface area contributed by atoms with Crippen LogP contribution in [-0.4, -0.2) is 42.3 Å². The van der Waals surface area contributed by atoms with Gasteiger partial charge in [-0.25, -0.2) is 8.42 Å². The number of rotatable bonds is 2. The number of hydrogen-bond donors (Lipinski definition) is 1. The number of fused-ring (bicyclic) bond motifs is 3. The zero-order chi connectivity index (χ0) is 18.0. The van der Waals surface area contributed by atoms with Gasteiger partial charge < -0.3 is 5.11 Å². The molecule has 1 saturated heterocycles. The third-order valence-electron chi connectivity index (χ3n) is 7.01. The van der Waals surface area contributed by atoms with Gasteiger partial charge in [-0.05, 0) is 57.1 Å². The Hall–Kier alpha value is -1.24. The molecule has 4 atom stereocenters. The lowest BCUT2D eigenvalue weighted by molar-refractivity contribution is -0.136. The summed E-state index contributed by atoms with van der Waals surface area (Å²) in [5.74, 6) is 0.280. The molecule has 2 saturated carbocycles. The topological polar surface area (TPSA) is 74.7 Å². The Morgan fingerprint density at radius 1 is 1.24 bits per heavy atom. The van der Waals surface area contributed by atoms with Gasteiger partial charge in [0.05, 0.1) is 15.9 Å². The highest BCUT2D eigenvalue weighted by atomic mass is 32.2. The van der Waals surface area contributed by atoms with Gasteiger partial charge in [-0.15, -0.1) is 0 Å². The number of hydrogen-bond acceptors (Lipinski definition) is 4. The second-order valence-electron chi connectivity index (χ2n) is 8.19. The maximum atomic E-state index is 13.0. The number of benzene rings is 1. The first kappa shape index (κ1) is 17.2. The van der Waals surface area contributed by atoms with E-state index < -0.39 is 21.0 Å². The molecule has 2 aliphatic carbocycles. The molecule has 0 spiro atoms. The summed E-state index contributed by atoms with van der Waals surface area (Å²) in [7, 11) is -3.53. The van der Waals surface area contributed by atoms with E-state index >= 15 is 0 Å². The van der Waals surface area contributed by atoms with Crippen LogP contribution < -0.4 is 0 Å². The number of carbonyl (C=O) groups is 1. The zero-order valence-electron chi connectivity index (χ0n) is 14.7. The van der Waals surface area contributed by atoms with Crippen LogP contribution in [0.3, 0.4) is 0 Å². The summed E-state index contributed by atoms with van der Waals surface area (Å²) in [5, 5.41) is 11.0. The molecule has 3 aliphatic rings.